The van der Waals surface area contributed by atoms with Crippen LogP contribution in [0.2, 0.25) is 0 Å². The third-order valence-electron chi connectivity index (χ3n) is 5.30. The van der Waals surface area contributed by atoms with Gasteiger partial charge in [-0.15, -0.1) is 11.3 Å². The minimum Gasteiger partial charge on any atom is -0.495 e. The molecule has 0 aliphatic carbocycles. The number of piperidine rings is 1. The Morgan fingerprint density at radius 2 is 2.13 bits per heavy atom. The highest BCUT2D eigenvalue weighted by molar-refractivity contribution is 7.89. The average Bonchev–Trinajstić information content (AvgIpc) is 3.24. The highest BCUT2D eigenvalue weighted by atomic mass is 32.2. The topological polar surface area (TPSA) is 79.0 Å². The molecule has 0 spiro atoms. The van der Waals surface area contributed by atoms with Crippen LogP contribution in [-0.2, 0) is 16.6 Å². The predicted octanol–water partition coefficient (Wildman–Crippen LogP) is 2.65. The van der Waals surface area contributed by atoms with Gasteiger partial charge in [0, 0.05) is 44.2 Å². The number of likely N-dealkylation sites (tertiary alicyclic amines) is 1. The fraction of sp³-hybridized carbons (Fsp3) is 0.476. The first-order chi connectivity index (χ1) is 14.3. The first-order valence-corrected chi connectivity index (χ1v) is 12.3. The molecule has 1 aliphatic rings. The molecule has 7 nitrogen and oxygen atoms in total. The number of sulfonamides is 1. The molecule has 2 aromatic rings. The molecule has 164 valence electrons. The van der Waals surface area contributed by atoms with Gasteiger partial charge in [0.25, 0.3) is 5.91 Å². The van der Waals surface area contributed by atoms with Crippen molar-refractivity contribution in [1.29, 1.82) is 0 Å². The van der Waals surface area contributed by atoms with E-state index in [1.807, 2.05) is 0 Å². The molecule has 1 aromatic heterocycles. The third kappa shape index (κ3) is 5.40. The van der Waals surface area contributed by atoms with Crippen LogP contribution in [0.4, 0.5) is 0 Å². The van der Waals surface area contributed by atoms with Gasteiger partial charge >= 0.3 is 0 Å². The molecule has 1 fully saturated rings. The minimum absolute atomic E-state index is 0.0116. The summed E-state index contributed by atoms with van der Waals surface area (Å²) in [7, 11) is 0.593. The van der Waals surface area contributed by atoms with E-state index in [1.54, 1.807) is 17.4 Å². The molecule has 30 heavy (non-hydrogen) atoms. The number of methoxy groups -OCH3 is 1. The van der Waals surface area contributed by atoms with Crippen LogP contribution in [0.3, 0.4) is 0 Å². The highest BCUT2D eigenvalue weighted by Gasteiger charge is 2.25. The average molecular weight is 452 g/mol. The van der Waals surface area contributed by atoms with Crippen LogP contribution in [-0.4, -0.2) is 64.4 Å². The van der Waals surface area contributed by atoms with E-state index in [0.29, 0.717) is 18.0 Å². The molecule has 0 bridgehead atoms. The van der Waals surface area contributed by atoms with Gasteiger partial charge in [0.2, 0.25) is 10.0 Å². The molecule has 1 amide bonds. The summed E-state index contributed by atoms with van der Waals surface area (Å²) in [5, 5.41) is 5.08. The van der Waals surface area contributed by atoms with E-state index < -0.39 is 10.0 Å². The fourth-order valence-electron chi connectivity index (χ4n) is 3.64. The van der Waals surface area contributed by atoms with E-state index in [-0.39, 0.29) is 16.6 Å². The van der Waals surface area contributed by atoms with Gasteiger partial charge in [0.15, 0.2) is 0 Å². The van der Waals surface area contributed by atoms with Crippen LogP contribution in [0.5, 0.6) is 5.75 Å². The SMILES string of the molecule is COc1ccc(C(=O)NCC2CCCN(Cc3cccs3)C2)cc1S(=O)(=O)N(C)C. The van der Waals surface area contributed by atoms with E-state index in [4.69, 9.17) is 4.74 Å². The Bertz CT molecular complexity index is 959. The number of thiophene rings is 1. The Kier molecular flexibility index (Phi) is 7.51. The van der Waals surface area contributed by atoms with Gasteiger partial charge in [-0.05, 0) is 54.9 Å². The monoisotopic (exact) mass is 451 g/mol. The van der Waals surface area contributed by atoms with Gasteiger partial charge < -0.3 is 10.1 Å². The lowest BCUT2D eigenvalue weighted by Gasteiger charge is -2.32. The Hall–Kier alpha value is -1.94. The van der Waals surface area contributed by atoms with Crippen molar-refractivity contribution in [2.45, 2.75) is 24.3 Å². The molecule has 1 unspecified atom stereocenters. The summed E-state index contributed by atoms with van der Waals surface area (Å²) < 4.78 is 31.4. The first-order valence-electron chi connectivity index (χ1n) is 9.94. The van der Waals surface area contributed by atoms with Crippen molar-refractivity contribution in [1.82, 2.24) is 14.5 Å². The molecule has 1 aromatic carbocycles. The summed E-state index contributed by atoms with van der Waals surface area (Å²) in [6.45, 7) is 3.54. The second-order valence-electron chi connectivity index (χ2n) is 7.69. The molecular formula is C21H29N3O4S2. The molecule has 1 saturated heterocycles. The molecule has 1 atom stereocenters. The normalized spacial score (nSPS) is 17.8. The number of carbonyl (C=O) groups is 1. The highest BCUT2D eigenvalue weighted by Crippen LogP contribution is 2.27. The van der Waals surface area contributed by atoms with E-state index in [2.05, 4.69) is 27.7 Å². The van der Waals surface area contributed by atoms with Crippen molar-refractivity contribution >= 4 is 27.3 Å². The van der Waals surface area contributed by atoms with Gasteiger partial charge in [-0.2, -0.15) is 0 Å². The molecule has 0 saturated carbocycles. The number of benzene rings is 1. The minimum atomic E-state index is -3.72. The second kappa shape index (κ2) is 9.91. The van der Waals surface area contributed by atoms with Crippen molar-refractivity contribution in [2.75, 3.05) is 40.8 Å². The quantitative estimate of drug-likeness (QED) is 0.668. The largest absolute Gasteiger partial charge is 0.495 e. The van der Waals surface area contributed by atoms with Crippen molar-refractivity contribution < 1.29 is 17.9 Å². The third-order valence-corrected chi connectivity index (χ3v) is 8.00. The Labute approximate surface area is 182 Å². The second-order valence-corrected chi connectivity index (χ2v) is 10.8. The van der Waals surface area contributed by atoms with Crippen LogP contribution in [0.25, 0.3) is 0 Å². The number of nitrogens with one attached hydrogen (secondary N) is 1. The number of nitrogens with zero attached hydrogens (tertiary/aromatic N) is 2. The van der Waals surface area contributed by atoms with Crippen molar-refractivity contribution in [3.63, 3.8) is 0 Å². The number of ether oxygens (including phenoxy) is 1. The van der Waals surface area contributed by atoms with Gasteiger partial charge in [-0.3, -0.25) is 9.69 Å². The van der Waals surface area contributed by atoms with E-state index >= 15 is 0 Å². The molecule has 9 heteroatoms. The molecule has 1 N–H and O–H groups in total. The van der Waals surface area contributed by atoms with Crippen LogP contribution < -0.4 is 10.1 Å². The van der Waals surface area contributed by atoms with E-state index in [0.717, 1.165) is 36.8 Å². The Morgan fingerprint density at radius 1 is 1.33 bits per heavy atom. The van der Waals surface area contributed by atoms with E-state index in [1.165, 1.54) is 38.2 Å². The summed E-state index contributed by atoms with van der Waals surface area (Å²) in [5.74, 6) is 0.325. The molecule has 0 radical (unpaired) electrons. The molecule has 2 heterocycles. The smallest absolute Gasteiger partial charge is 0.251 e. The maximum Gasteiger partial charge on any atom is 0.251 e. The molecule has 1 aliphatic heterocycles. The summed E-state index contributed by atoms with van der Waals surface area (Å²) in [6.07, 6.45) is 2.18. The van der Waals surface area contributed by atoms with Gasteiger partial charge in [-0.25, -0.2) is 12.7 Å². The van der Waals surface area contributed by atoms with Crippen LogP contribution in [0.15, 0.2) is 40.6 Å². The van der Waals surface area contributed by atoms with E-state index in [9.17, 15) is 13.2 Å². The zero-order chi connectivity index (χ0) is 21.7. The zero-order valence-electron chi connectivity index (χ0n) is 17.6. The number of amides is 1. The van der Waals surface area contributed by atoms with Crippen molar-refractivity contribution in [2.24, 2.45) is 5.92 Å². The predicted molar refractivity (Wildman–Crippen MR) is 119 cm³/mol. The maximum atomic E-state index is 12.7. The summed E-state index contributed by atoms with van der Waals surface area (Å²) in [4.78, 5) is 16.5. The number of hydrogen-bond acceptors (Lipinski definition) is 6. The Morgan fingerprint density at radius 3 is 2.80 bits per heavy atom. The molecular weight excluding hydrogens is 422 g/mol. The number of rotatable bonds is 8. The Balaban J connectivity index is 1.63. The summed E-state index contributed by atoms with van der Waals surface area (Å²) >= 11 is 1.77. The van der Waals surface area contributed by atoms with Gasteiger partial charge in [0.05, 0.1) is 7.11 Å². The molecule has 3 rings (SSSR count). The first kappa shape index (κ1) is 22.7. The standard InChI is InChI=1S/C21H29N3O4S2/c1-23(2)30(26,27)20-12-17(8-9-19(20)28-3)21(25)22-13-16-6-4-10-24(14-16)15-18-7-5-11-29-18/h5,7-9,11-12,16H,4,6,10,13-15H2,1-3H3,(H,22,25). The lowest BCUT2D eigenvalue weighted by molar-refractivity contribution is 0.0930. The summed E-state index contributed by atoms with van der Waals surface area (Å²) in [5.41, 5.74) is 0.308. The lowest BCUT2D eigenvalue weighted by Crippen LogP contribution is -2.40. The lowest BCUT2D eigenvalue weighted by atomic mass is 9.98. The van der Waals surface area contributed by atoms with Crippen LogP contribution in [0.1, 0.15) is 28.1 Å². The van der Waals surface area contributed by atoms with Gasteiger partial charge in [-0.1, -0.05) is 6.07 Å². The summed E-state index contributed by atoms with van der Waals surface area (Å²) in [6, 6.07) is 8.72. The maximum absolute atomic E-state index is 12.7. The fourth-order valence-corrected chi connectivity index (χ4v) is 5.46. The van der Waals surface area contributed by atoms with Crippen LogP contribution >= 0.6 is 11.3 Å². The zero-order valence-corrected chi connectivity index (χ0v) is 19.3. The van der Waals surface area contributed by atoms with Crippen LogP contribution in [0, 0.1) is 5.92 Å². The number of hydrogen-bond donors (Lipinski definition) is 1. The number of carbonyl (C=O) groups excluding carboxylic acids is 1. The van der Waals surface area contributed by atoms with Crippen molar-refractivity contribution in [3.8, 4) is 5.75 Å². The van der Waals surface area contributed by atoms with Gasteiger partial charge in [0.1, 0.15) is 10.6 Å². The van der Waals surface area contributed by atoms with Crippen molar-refractivity contribution in [3.05, 3.63) is 46.2 Å².